The van der Waals surface area contributed by atoms with Gasteiger partial charge in [0.25, 0.3) is 0 Å². The molecule has 1 aliphatic rings. The lowest BCUT2D eigenvalue weighted by Crippen LogP contribution is -2.31. The zero-order valence-corrected chi connectivity index (χ0v) is 12.3. The van der Waals surface area contributed by atoms with E-state index in [2.05, 4.69) is 22.9 Å². The Bertz CT molecular complexity index is 725. The third-order valence-corrected chi connectivity index (χ3v) is 4.03. The molecule has 1 unspecified atom stereocenters. The molecule has 2 N–H and O–H groups in total. The number of pyridine rings is 1. The summed E-state index contributed by atoms with van der Waals surface area (Å²) in [5, 5.41) is 27.2. The van der Waals surface area contributed by atoms with Crippen LogP contribution in [0, 0.1) is 11.3 Å². The Morgan fingerprint density at radius 1 is 1.27 bits per heavy atom. The topological polar surface area (TPSA) is 80.4 Å². The third kappa shape index (κ3) is 2.69. The lowest BCUT2D eigenvalue weighted by atomic mass is 9.80. The van der Waals surface area contributed by atoms with Crippen molar-refractivity contribution in [1.82, 2.24) is 4.98 Å². The van der Waals surface area contributed by atoms with Gasteiger partial charge in [-0.3, -0.25) is 0 Å². The van der Waals surface area contributed by atoms with E-state index < -0.39 is 7.12 Å². The van der Waals surface area contributed by atoms with Crippen LogP contribution in [0.3, 0.4) is 0 Å². The molecule has 110 valence electrons. The van der Waals surface area contributed by atoms with E-state index in [4.69, 9.17) is 15.3 Å². The maximum Gasteiger partial charge on any atom is 0.488 e. The van der Waals surface area contributed by atoms with Crippen LogP contribution in [0.15, 0.2) is 36.4 Å². The minimum absolute atomic E-state index is 0.319. The molecule has 1 aromatic heterocycles. The lowest BCUT2D eigenvalue weighted by molar-refractivity contribution is 0.426. The molecular weight excluding hydrogens is 277 g/mol. The molecule has 2 aromatic rings. The average molecular weight is 293 g/mol. The van der Waals surface area contributed by atoms with Crippen molar-refractivity contribution in [2.45, 2.75) is 25.9 Å². The molecular formula is C16H16BN3O2. The summed E-state index contributed by atoms with van der Waals surface area (Å²) in [5.74, 6) is 0. The molecule has 0 bridgehead atoms. The van der Waals surface area contributed by atoms with Gasteiger partial charge in [0, 0.05) is 19.0 Å². The van der Waals surface area contributed by atoms with Crippen LogP contribution in [0.2, 0.25) is 0 Å². The second kappa shape index (κ2) is 5.80. The van der Waals surface area contributed by atoms with Crippen LogP contribution in [-0.4, -0.2) is 28.2 Å². The van der Waals surface area contributed by atoms with Crippen molar-refractivity contribution < 1.29 is 10.0 Å². The molecule has 5 nitrogen and oxygen atoms in total. The van der Waals surface area contributed by atoms with E-state index in [0.717, 1.165) is 29.9 Å². The van der Waals surface area contributed by atoms with Crippen LogP contribution < -0.4 is 10.4 Å². The Balaban J connectivity index is 1.83. The lowest BCUT2D eigenvalue weighted by Gasteiger charge is -2.24. The fourth-order valence-corrected chi connectivity index (χ4v) is 2.83. The second-order valence-electron chi connectivity index (χ2n) is 5.57. The second-order valence-corrected chi connectivity index (χ2v) is 5.57. The fourth-order valence-electron chi connectivity index (χ4n) is 2.83. The Morgan fingerprint density at radius 3 is 2.64 bits per heavy atom. The van der Waals surface area contributed by atoms with Crippen LogP contribution in [0.25, 0.3) is 0 Å². The van der Waals surface area contributed by atoms with Gasteiger partial charge < -0.3 is 14.9 Å². The number of hydrogen-bond donors (Lipinski definition) is 2. The average Bonchev–Trinajstić information content (AvgIpc) is 2.83. The molecule has 0 saturated carbocycles. The normalized spacial score (nSPS) is 16.3. The largest absolute Gasteiger partial charge is 0.488 e. The van der Waals surface area contributed by atoms with Gasteiger partial charge in [-0.2, -0.15) is 5.26 Å². The summed E-state index contributed by atoms with van der Waals surface area (Å²) in [7, 11) is -1.44. The molecule has 0 amide bonds. The number of anilines is 1. The summed E-state index contributed by atoms with van der Waals surface area (Å²) in [6, 6.07) is 13.3. The zero-order chi connectivity index (χ0) is 15.7. The van der Waals surface area contributed by atoms with Crippen molar-refractivity contribution in [3.63, 3.8) is 0 Å². The SMILES string of the molecule is CC1Cc2nc(C#N)ccc2N1Cc1ccc(B(O)O)cc1. The summed E-state index contributed by atoms with van der Waals surface area (Å²) in [6.07, 6.45) is 0.832. The summed E-state index contributed by atoms with van der Waals surface area (Å²) in [5.41, 5.74) is 4.06. The molecule has 0 spiro atoms. The molecule has 0 aliphatic carbocycles. The van der Waals surface area contributed by atoms with Crippen LogP contribution in [0.1, 0.15) is 23.9 Å². The van der Waals surface area contributed by atoms with Crippen LogP contribution in [-0.2, 0) is 13.0 Å². The summed E-state index contributed by atoms with van der Waals surface area (Å²) < 4.78 is 0. The van der Waals surface area contributed by atoms with E-state index in [-0.39, 0.29) is 0 Å². The minimum atomic E-state index is -1.44. The standard InChI is InChI=1S/C16H16BN3O2/c1-11-8-15-16(7-6-14(9-18)19-15)20(11)10-12-2-4-13(5-3-12)17(21)22/h2-7,11,21-22H,8,10H2,1H3. The molecule has 3 rings (SSSR count). The van der Waals surface area contributed by atoms with Gasteiger partial charge in [0.1, 0.15) is 11.8 Å². The van der Waals surface area contributed by atoms with Gasteiger partial charge in [-0.15, -0.1) is 0 Å². The van der Waals surface area contributed by atoms with Gasteiger partial charge in [-0.25, -0.2) is 4.98 Å². The number of fused-ring (bicyclic) bond motifs is 1. The van der Waals surface area contributed by atoms with Crippen LogP contribution >= 0.6 is 0 Å². The monoisotopic (exact) mass is 293 g/mol. The van der Waals surface area contributed by atoms with E-state index in [1.807, 2.05) is 18.2 Å². The summed E-state index contributed by atoms with van der Waals surface area (Å²) in [4.78, 5) is 6.64. The molecule has 6 heteroatoms. The van der Waals surface area contributed by atoms with Crippen molar-refractivity contribution in [1.29, 1.82) is 5.26 Å². The Hall–Kier alpha value is -2.36. The number of aromatic nitrogens is 1. The quantitative estimate of drug-likeness (QED) is 0.809. The maximum atomic E-state index is 9.13. The van der Waals surface area contributed by atoms with E-state index in [1.165, 1.54) is 0 Å². The Kier molecular flexibility index (Phi) is 3.84. The highest BCUT2D eigenvalue weighted by Crippen LogP contribution is 2.32. The molecule has 1 aromatic carbocycles. The van der Waals surface area contributed by atoms with Crippen molar-refractivity contribution >= 4 is 18.3 Å². The molecule has 0 radical (unpaired) electrons. The van der Waals surface area contributed by atoms with Crippen molar-refractivity contribution in [2.75, 3.05) is 4.90 Å². The van der Waals surface area contributed by atoms with E-state index in [0.29, 0.717) is 17.2 Å². The first-order chi connectivity index (χ1) is 10.6. The van der Waals surface area contributed by atoms with Gasteiger partial charge >= 0.3 is 7.12 Å². The maximum absolute atomic E-state index is 9.13. The smallest absolute Gasteiger partial charge is 0.423 e. The first kappa shape index (κ1) is 14.6. The summed E-state index contributed by atoms with van der Waals surface area (Å²) in [6.45, 7) is 2.86. The predicted octanol–water partition coefficient (Wildman–Crippen LogP) is 0.584. The number of rotatable bonds is 3. The first-order valence-corrected chi connectivity index (χ1v) is 7.20. The molecule has 22 heavy (non-hydrogen) atoms. The van der Waals surface area contributed by atoms with E-state index in [1.54, 1.807) is 18.2 Å². The Labute approximate surface area is 129 Å². The number of hydrogen-bond acceptors (Lipinski definition) is 5. The first-order valence-electron chi connectivity index (χ1n) is 7.20. The molecule has 1 atom stereocenters. The van der Waals surface area contributed by atoms with Gasteiger partial charge in [0.2, 0.25) is 0 Å². The predicted molar refractivity (Wildman–Crippen MR) is 84.6 cm³/mol. The minimum Gasteiger partial charge on any atom is -0.423 e. The highest BCUT2D eigenvalue weighted by atomic mass is 16.4. The number of nitrogens with zero attached hydrogens (tertiary/aromatic N) is 3. The molecule has 0 fully saturated rings. The Morgan fingerprint density at radius 2 is 2.00 bits per heavy atom. The van der Waals surface area contributed by atoms with Crippen molar-refractivity contribution in [3.8, 4) is 6.07 Å². The number of benzene rings is 1. The van der Waals surface area contributed by atoms with E-state index in [9.17, 15) is 0 Å². The van der Waals surface area contributed by atoms with Crippen LogP contribution in [0.5, 0.6) is 0 Å². The van der Waals surface area contributed by atoms with Gasteiger partial charge in [0.15, 0.2) is 0 Å². The molecule has 0 saturated heterocycles. The van der Waals surface area contributed by atoms with Gasteiger partial charge in [-0.05, 0) is 30.1 Å². The van der Waals surface area contributed by atoms with Crippen LogP contribution in [0.4, 0.5) is 5.69 Å². The molecule has 2 heterocycles. The van der Waals surface area contributed by atoms with E-state index >= 15 is 0 Å². The number of nitriles is 1. The highest BCUT2D eigenvalue weighted by molar-refractivity contribution is 6.58. The van der Waals surface area contributed by atoms with Crippen molar-refractivity contribution in [2.24, 2.45) is 0 Å². The molecule has 1 aliphatic heterocycles. The van der Waals surface area contributed by atoms with Gasteiger partial charge in [-0.1, -0.05) is 24.3 Å². The third-order valence-electron chi connectivity index (χ3n) is 4.03. The highest BCUT2D eigenvalue weighted by Gasteiger charge is 2.27. The van der Waals surface area contributed by atoms with Gasteiger partial charge in [0.05, 0.1) is 11.4 Å². The summed E-state index contributed by atoms with van der Waals surface area (Å²) >= 11 is 0. The zero-order valence-electron chi connectivity index (χ0n) is 12.3. The van der Waals surface area contributed by atoms with Crippen molar-refractivity contribution in [3.05, 3.63) is 53.3 Å². The fraction of sp³-hybridized carbons (Fsp3) is 0.250.